The van der Waals surface area contributed by atoms with Gasteiger partial charge in [-0.15, -0.1) is 0 Å². The van der Waals surface area contributed by atoms with Crippen molar-refractivity contribution in [2.75, 3.05) is 32.5 Å². The number of hydrogen-bond acceptors (Lipinski definition) is 5. The molecule has 0 spiro atoms. The fraction of sp³-hybridized carbons (Fsp3) is 0.583. The first kappa shape index (κ1) is 15.9. The average Bonchev–Trinajstić information content (AvgIpc) is 2.27. The molecule has 0 aromatic carbocycles. The molecule has 0 bridgehead atoms. The second-order valence-corrected chi connectivity index (χ2v) is 6.30. The number of pyridine rings is 1. The van der Waals surface area contributed by atoms with Crippen molar-refractivity contribution in [2.24, 2.45) is 0 Å². The molecule has 108 valence electrons. The lowest BCUT2D eigenvalue weighted by molar-refractivity contribution is 0.370. The van der Waals surface area contributed by atoms with Crippen molar-refractivity contribution in [1.29, 1.82) is 0 Å². The van der Waals surface area contributed by atoms with Gasteiger partial charge in [0.05, 0.1) is 5.69 Å². The fourth-order valence-electron chi connectivity index (χ4n) is 1.84. The zero-order valence-electron chi connectivity index (χ0n) is 11.8. The van der Waals surface area contributed by atoms with E-state index in [1.54, 1.807) is 12.1 Å². The van der Waals surface area contributed by atoms with Crippen molar-refractivity contribution < 1.29 is 8.42 Å². The van der Waals surface area contributed by atoms with Crippen LogP contribution in [0.3, 0.4) is 0 Å². The molecule has 0 amide bonds. The van der Waals surface area contributed by atoms with E-state index in [1.807, 2.05) is 32.8 Å². The SMILES string of the molecule is CCNc1cccnc1S(=O)(=O)NC(C)CN(C)C. The van der Waals surface area contributed by atoms with Gasteiger partial charge < -0.3 is 10.2 Å². The lowest BCUT2D eigenvalue weighted by Crippen LogP contribution is -2.40. The highest BCUT2D eigenvalue weighted by Crippen LogP contribution is 2.17. The minimum absolute atomic E-state index is 0.0439. The van der Waals surface area contributed by atoms with Gasteiger partial charge in [-0.05, 0) is 40.1 Å². The van der Waals surface area contributed by atoms with Gasteiger partial charge in [0, 0.05) is 25.3 Å². The molecule has 6 nitrogen and oxygen atoms in total. The van der Waals surface area contributed by atoms with Gasteiger partial charge in [-0.25, -0.2) is 18.1 Å². The zero-order chi connectivity index (χ0) is 14.5. The van der Waals surface area contributed by atoms with E-state index >= 15 is 0 Å². The Morgan fingerprint density at radius 3 is 2.68 bits per heavy atom. The van der Waals surface area contributed by atoms with Crippen molar-refractivity contribution in [3.8, 4) is 0 Å². The normalized spacial score (nSPS) is 13.5. The minimum atomic E-state index is -3.61. The number of likely N-dealkylation sites (N-methyl/N-ethyl adjacent to an activating group) is 1. The van der Waals surface area contributed by atoms with Crippen molar-refractivity contribution in [3.63, 3.8) is 0 Å². The summed E-state index contributed by atoms with van der Waals surface area (Å²) in [4.78, 5) is 5.90. The number of anilines is 1. The van der Waals surface area contributed by atoms with E-state index in [4.69, 9.17) is 0 Å². The maximum Gasteiger partial charge on any atom is 0.260 e. The van der Waals surface area contributed by atoms with E-state index in [2.05, 4.69) is 15.0 Å². The van der Waals surface area contributed by atoms with E-state index in [0.717, 1.165) is 0 Å². The molecule has 0 aliphatic rings. The van der Waals surface area contributed by atoms with Crippen LogP contribution in [0.25, 0.3) is 0 Å². The van der Waals surface area contributed by atoms with Crippen LogP contribution in [0.1, 0.15) is 13.8 Å². The molecule has 1 rings (SSSR count). The molecule has 0 fully saturated rings. The Hall–Kier alpha value is -1.18. The van der Waals surface area contributed by atoms with Gasteiger partial charge in [0.15, 0.2) is 5.03 Å². The molecule has 7 heteroatoms. The van der Waals surface area contributed by atoms with Crippen LogP contribution in [0.15, 0.2) is 23.4 Å². The molecule has 1 atom stereocenters. The summed E-state index contributed by atoms with van der Waals surface area (Å²) >= 11 is 0. The van der Waals surface area contributed by atoms with Crippen LogP contribution in [0.2, 0.25) is 0 Å². The number of nitrogens with zero attached hydrogens (tertiary/aromatic N) is 2. The molecule has 1 heterocycles. The number of sulfonamides is 1. The molecule has 0 saturated carbocycles. The highest BCUT2D eigenvalue weighted by Gasteiger charge is 2.22. The minimum Gasteiger partial charge on any atom is -0.383 e. The summed E-state index contributed by atoms with van der Waals surface area (Å²) in [5, 5.41) is 3.05. The van der Waals surface area contributed by atoms with E-state index in [0.29, 0.717) is 18.8 Å². The van der Waals surface area contributed by atoms with Gasteiger partial charge in [-0.3, -0.25) is 0 Å². The highest BCUT2D eigenvalue weighted by atomic mass is 32.2. The average molecular weight is 286 g/mol. The van der Waals surface area contributed by atoms with E-state index in [1.165, 1.54) is 6.20 Å². The van der Waals surface area contributed by atoms with Crippen LogP contribution in [-0.4, -0.2) is 51.5 Å². The molecule has 1 aromatic rings. The molecular formula is C12H22N4O2S. The summed E-state index contributed by atoms with van der Waals surface area (Å²) in [5.41, 5.74) is 0.523. The molecule has 0 aliphatic carbocycles. The van der Waals surface area contributed by atoms with Crippen LogP contribution < -0.4 is 10.0 Å². The van der Waals surface area contributed by atoms with Gasteiger partial charge in [0.2, 0.25) is 0 Å². The second-order valence-electron chi connectivity index (χ2n) is 4.67. The molecule has 19 heavy (non-hydrogen) atoms. The Bertz CT molecular complexity index is 502. The number of aromatic nitrogens is 1. The first-order valence-electron chi connectivity index (χ1n) is 6.22. The highest BCUT2D eigenvalue weighted by molar-refractivity contribution is 7.89. The van der Waals surface area contributed by atoms with Crippen molar-refractivity contribution >= 4 is 15.7 Å². The Morgan fingerprint density at radius 2 is 2.11 bits per heavy atom. The third-order valence-electron chi connectivity index (χ3n) is 2.39. The third kappa shape index (κ3) is 4.77. The maximum absolute atomic E-state index is 12.3. The quantitative estimate of drug-likeness (QED) is 0.773. The lowest BCUT2D eigenvalue weighted by atomic mass is 10.3. The smallest absolute Gasteiger partial charge is 0.260 e. The molecule has 1 unspecified atom stereocenters. The Balaban J connectivity index is 2.94. The van der Waals surface area contributed by atoms with Gasteiger partial charge >= 0.3 is 0 Å². The van der Waals surface area contributed by atoms with Gasteiger partial charge in [-0.1, -0.05) is 0 Å². The summed E-state index contributed by atoms with van der Waals surface area (Å²) < 4.78 is 27.2. The molecule has 2 N–H and O–H groups in total. The summed E-state index contributed by atoms with van der Waals surface area (Å²) in [6, 6.07) is 3.23. The first-order valence-corrected chi connectivity index (χ1v) is 7.71. The fourth-order valence-corrected chi connectivity index (χ4v) is 3.18. The summed E-state index contributed by atoms with van der Waals surface area (Å²) in [6.07, 6.45) is 1.48. The monoisotopic (exact) mass is 286 g/mol. The predicted molar refractivity (Wildman–Crippen MR) is 76.7 cm³/mol. The Kier molecular flexibility index (Phi) is 5.71. The number of rotatable bonds is 7. The topological polar surface area (TPSA) is 74.3 Å². The van der Waals surface area contributed by atoms with Gasteiger partial charge in [0.1, 0.15) is 0 Å². The first-order chi connectivity index (χ1) is 8.86. The molecule has 1 aromatic heterocycles. The van der Waals surface area contributed by atoms with Crippen molar-refractivity contribution in [1.82, 2.24) is 14.6 Å². The Morgan fingerprint density at radius 1 is 1.42 bits per heavy atom. The third-order valence-corrected chi connectivity index (χ3v) is 3.94. The molecule has 0 saturated heterocycles. The van der Waals surface area contributed by atoms with E-state index in [9.17, 15) is 8.42 Å². The zero-order valence-corrected chi connectivity index (χ0v) is 12.7. The molecule has 0 aliphatic heterocycles. The van der Waals surface area contributed by atoms with Crippen LogP contribution >= 0.6 is 0 Å². The van der Waals surface area contributed by atoms with Crippen LogP contribution in [-0.2, 0) is 10.0 Å². The van der Waals surface area contributed by atoms with Gasteiger partial charge in [0.25, 0.3) is 10.0 Å². The summed E-state index contributed by atoms with van der Waals surface area (Å²) in [7, 11) is 0.189. The van der Waals surface area contributed by atoms with E-state index in [-0.39, 0.29) is 11.1 Å². The molecule has 0 radical (unpaired) electrons. The van der Waals surface area contributed by atoms with Crippen molar-refractivity contribution in [3.05, 3.63) is 18.3 Å². The van der Waals surface area contributed by atoms with Crippen LogP contribution in [0.4, 0.5) is 5.69 Å². The number of hydrogen-bond donors (Lipinski definition) is 2. The van der Waals surface area contributed by atoms with Crippen LogP contribution in [0.5, 0.6) is 0 Å². The molecular weight excluding hydrogens is 264 g/mol. The lowest BCUT2D eigenvalue weighted by Gasteiger charge is -2.19. The summed E-state index contributed by atoms with van der Waals surface area (Å²) in [6.45, 7) is 5.00. The number of nitrogens with one attached hydrogen (secondary N) is 2. The Labute approximate surface area is 115 Å². The van der Waals surface area contributed by atoms with Crippen LogP contribution in [0, 0.1) is 0 Å². The van der Waals surface area contributed by atoms with E-state index < -0.39 is 10.0 Å². The van der Waals surface area contributed by atoms with Crippen molar-refractivity contribution in [2.45, 2.75) is 24.9 Å². The predicted octanol–water partition coefficient (Wildman–Crippen LogP) is 0.742. The van der Waals surface area contributed by atoms with Gasteiger partial charge in [-0.2, -0.15) is 0 Å². The second kappa shape index (κ2) is 6.83. The largest absolute Gasteiger partial charge is 0.383 e. The summed E-state index contributed by atoms with van der Waals surface area (Å²) in [5.74, 6) is 0. The maximum atomic E-state index is 12.3. The standard InChI is InChI=1S/C12H22N4O2S/c1-5-13-11-7-6-8-14-12(11)19(17,18)15-10(2)9-16(3)4/h6-8,10,13,15H,5,9H2,1-4H3.